The molecule has 0 spiro atoms. The van der Waals surface area contributed by atoms with Gasteiger partial charge < -0.3 is 5.32 Å². The van der Waals surface area contributed by atoms with Gasteiger partial charge in [0.15, 0.2) is 0 Å². The molecule has 0 amide bonds. The van der Waals surface area contributed by atoms with Crippen molar-refractivity contribution in [2.75, 3.05) is 14.1 Å². The Morgan fingerprint density at radius 2 is 2.33 bits per heavy atom. The molecular weight excluding hydrogens is 112 g/mol. The largest absolute Gasteiger partial charge is 0.387 e. The Hall–Kier alpha value is -1.05. The molecule has 0 aromatic heterocycles. The summed E-state index contributed by atoms with van der Waals surface area (Å²) < 4.78 is 0. The minimum Gasteiger partial charge on any atom is -0.387 e. The van der Waals surface area contributed by atoms with Gasteiger partial charge in [0.2, 0.25) is 0 Å². The first-order chi connectivity index (χ1) is 4.35. The monoisotopic (exact) mass is 124 g/mol. The second kappa shape index (κ2) is 5.09. The molecule has 0 atom stereocenters. The van der Waals surface area contributed by atoms with E-state index in [2.05, 4.69) is 16.9 Å². The molecule has 0 radical (unpaired) electrons. The Morgan fingerprint density at radius 3 is 2.67 bits per heavy atom. The third kappa shape index (κ3) is 3.53. The summed E-state index contributed by atoms with van der Waals surface area (Å²) in [5.41, 5.74) is 0.965. The Morgan fingerprint density at radius 1 is 1.67 bits per heavy atom. The lowest BCUT2D eigenvalue weighted by molar-refractivity contribution is 1.06. The summed E-state index contributed by atoms with van der Waals surface area (Å²) >= 11 is 0. The van der Waals surface area contributed by atoms with Crippen LogP contribution in [0.4, 0.5) is 0 Å². The van der Waals surface area contributed by atoms with Crippen molar-refractivity contribution in [1.29, 1.82) is 0 Å². The summed E-state index contributed by atoms with van der Waals surface area (Å²) in [5, 5.41) is 2.94. The van der Waals surface area contributed by atoms with Crippen molar-refractivity contribution >= 4 is 6.21 Å². The molecule has 2 heteroatoms. The molecule has 0 rings (SSSR count). The Kier molecular flexibility index (Phi) is 4.50. The zero-order chi connectivity index (χ0) is 7.11. The van der Waals surface area contributed by atoms with Crippen molar-refractivity contribution < 1.29 is 0 Å². The van der Waals surface area contributed by atoms with Gasteiger partial charge in [-0.1, -0.05) is 12.7 Å². The highest BCUT2D eigenvalue weighted by molar-refractivity contribution is 5.77. The fraction of sp³-hybridized carbons (Fsp3) is 0.286. The zero-order valence-electron chi connectivity index (χ0n) is 5.89. The molecule has 0 aromatic carbocycles. The SMILES string of the molecule is C=C/C=C(\C=NC)NC. The first-order valence-electron chi connectivity index (χ1n) is 2.77. The van der Waals surface area contributed by atoms with E-state index in [1.807, 2.05) is 13.1 Å². The van der Waals surface area contributed by atoms with Gasteiger partial charge in [0, 0.05) is 20.3 Å². The summed E-state index contributed by atoms with van der Waals surface area (Å²) in [6.07, 6.45) is 5.31. The molecule has 2 nitrogen and oxygen atoms in total. The first-order valence-corrected chi connectivity index (χ1v) is 2.77. The van der Waals surface area contributed by atoms with Crippen LogP contribution in [-0.4, -0.2) is 20.3 Å². The number of rotatable bonds is 3. The summed E-state index contributed by atoms with van der Waals surface area (Å²) in [5.74, 6) is 0. The number of aliphatic imine (C=N–C) groups is 1. The second-order valence-corrected chi connectivity index (χ2v) is 1.50. The van der Waals surface area contributed by atoms with Crippen LogP contribution in [0.15, 0.2) is 29.4 Å². The maximum absolute atomic E-state index is 3.82. The van der Waals surface area contributed by atoms with Crippen LogP contribution in [0.3, 0.4) is 0 Å². The fourth-order valence-corrected chi connectivity index (χ4v) is 0.457. The van der Waals surface area contributed by atoms with E-state index in [4.69, 9.17) is 0 Å². The molecule has 50 valence electrons. The molecule has 0 aromatic rings. The average molecular weight is 124 g/mol. The molecule has 0 aliphatic rings. The van der Waals surface area contributed by atoms with Crippen LogP contribution >= 0.6 is 0 Å². The van der Waals surface area contributed by atoms with E-state index in [1.165, 1.54) is 0 Å². The van der Waals surface area contributed by atoms with E-state index in [-0.39, 0.29) is 0 Å². The summed E-state index contributed by atoms with van der Waals surface area (Å²) in [4.78, 5) is 3.82. The second-order valence-electron chi connectivity index (χ2n) is 1.50. The molecule has 0 saturated carbocycles. The van der Waals surface area contributed by atoms with Gasteiger partial charge in [0.1, 0.15) is 0 Å². The first kappa shape index (κ1) is 7.95. The molecule has 0 unspecified atom stereocenters. The Bertz CT molecular complexity index is 134. The number of hydrogen-bond donors (Lipinski definition) is 1. The predicted octanol–water partition coefficient (Wildman–Crippen LogP) is 0.976. The third-order valence-electron chi connectivity index (χ3n) is 0.854. The lowest BCUT2D eigenvalue weighted by Gasteiger charge is -1.94. The number of allylic oxidation sites excluding steroid dienone is 3. The maximum atomic E-state index is 3.82. The maximum Gasteiger partial charge on any atom is 0.0518 e. The van der Waals surface area contributed by atoms with Crippen molar-refractivity contribution in [3.8, 4) is 0 Å². The summed E-state index contributed by atoms with van der Waals surface area (Å²) in [7, 11) is 3.57. The van der Waals surface area contributed by atoms with Gasteiger partial charge in [-0.05, 0) is 6.08 Å². The number of nitrogens with zero attached hydrogens (tertiary/aromatic N) is 1. The van der Waals surface area contributed by atoms with E-state index in [0.717, 1.165) is 5.70 Å². The fourth-order valence-electron chi connectivity index (χ4n) is 0.457. The normalized spacial score (nSPS) is 12.0. The smallest absolute Gasteiger partial charge is 0.0518 e. The Balaban J connectivity index is 3.96. The Labute approximate surface area is 56.0 Å². The van der Waals surface area contributed by atoms with Gasteiger partial charge >= 0.3 is 0 Å². The standard InChI is InChI=1S/C7H12N2/c1-4-5-7(9-3)6-8-2/h4-6,9H,1H2,2-3H3/b7-5+,8-6?. The molecule has 1 N–H and O–H groups in total. The van der Waals surface area contributed by atoms with Crippen molar-refractivity contribution in [3.63, 3.8) is 0 Å². The molecule has 0 saturated heterocycles. The van der Waals surface area contributed by atoms with Gasteiger partial charge in [-0.2, -0.15) is 0 Å². The van der Waals surface area contributed by atoms with E-state index < -0.39 is 0 Å². The number of nitrogens with one attached hydrogen (secondary N) is 1. The quantitative estimate of drug-likeness (QED) is 0.440. The van der Waals surface area contributed by atoms with Gasteiger partial charge in [0.05, 0.1) is 5.70 Å². The van der Waals surface area contributed by atoms with E-state index in [1.54, 1.807) is 19.3 Å². The number of hydrogen-bond acceptors (Lipinski definition) is 2. The van der Waals surface area contributed by atoms with E-state index >= 15 is 0 Å². The highest BCUT2D eigenvalue weighted by Crippen LogP contribution is 1.81. The topological polar surface area (TPSA) is 24.4 Å². The van der Waals surface area contributed by atoms with Crippen molar-refractivity contribution in [2.45, 2.75) is 0 Å². The van der Waals surface area contributed by atoms with Crippen molar-refractivity contribution in [2.24, 2.45) is 4.99 Å². The van der Waals surface area contributed by atoms with Crippen LogP contribution in [-0.2, 0) is 0 Å². The van der Waals surface area contributed by atoms with E-state index in [9.17, 15) is 0 Å². The predicted molar refractivity (Wildman–Crippen MR) is 41.8 cm³/mol. The average Bonchev–Trinajstić information content (AvgIpc) is 1.88. The van der Waals surface area contributed by atoms with Crippen LogP contribution in [0, 0.1) is 0 Å². The lowest BCUT2D eigenvalue weighted by atomic mass is 10.4. The summed E-state index contributed by atoms with van der Waals surface area (Å²) in [6.45, 7) is 3.55. The molecular formula is C7H12N2. The van der Waals surface area contributed by atoms with Crippen molar-refractivity contribution in [3.05, 3.63) is 24.4 Å². The summed E-state index contributed by atoms with van der Waals surface area (Å²) in [6, 6.07) is 0. The van der Waals surface area contributed by atoms with Crippen LogP contribution in [0.1, 0.15) is 0 Å². The molecule has 0 heterocycles. The third-order valence-corrected chi connectivity index (χ3v) is 0.854. The van der Waals surface area contributed by atoms with Crippen molar-refractivity contribution in [1.82, 2.24) is 5.32 Å². The minimum absolute atomic E-state index is 0.965. The zero-order valence-corrected chi connectivity index (χ0v) is 5.89. The molecule has 9 heavy (non-hydrogen) atoms. The highest BCUT2D eigenvalue weighted by Gasteiger charge is 1.79. The van der Waals surface area contributed by atoms with E-state index in [0.29, 0.717) is 0 Å². The van der Waals surface area contributed by atoms with Gasteiger partial charge in [-0.3, -0.25) is 4.99 Å². The van der Waals surface area contributed by atoms with Crippen LogP contribution in [0.2, 0.25) is 0 Å². The highest BCUT2D eigenvalue weighted by atomic mass is 14.8. The van der Waals surface area contributed by atoms with Crippen LogP contribution < -0.4 is 5.32 Å². The van der Waals surface area contributed by atoms with Crippen LogP contribution in [0.5, 0.6) is 0 Å². The van der Waals surface area contributed by atoms with Gasteiger partial charge in [0.25, 0.3) is 0 Å². The molecule has 0 bridgehead atoms. The van der Waals surface area contributed by atoms with Gasteiger partial charge in [-0.15, -0.1) is 0 Å². The molecule has 0 aliphatic carbocycles. The van der Waals surface area contributed by atoms with Gasteiger partial charge in [-0.25, -0.2) is 0 Å². The minimum atomic E-state index is 0.965. The molecule has 0 aliphatic heterocycles. The molecule has 0 fully saturated rings. The lowest BCUT2D eigenvalue weighted by Crippen LogP contribution is -2.05. The van der Waals surface area contributed by atoms with Crippen LogP contribution in [0.25, 0.3) is 0 Å².